The molecule has 4 amide bonds. The summed E-state index contributed by atoms with van der Waals surface area (Å²) in [6, 6.07) is 11.8. The molecule has 6 rings (SSSR count). The van der Waals surface area contributed by atoms with Crippen LogP contribution in [0.4, 0.5) is 15.3 Å². The zero-order valence-corrected chi connectivity index (χ0v) is 33.7. The number of unbranched alkanes of at least 4 members (excludes halogenated alkanes) is 3. The van der Waals surface area contributed by atoms with E-state index in [1.807, 2.05) is 60.0 Å². The van der Waals surface area contributed by atoms with E-state index in [1.165, 1.54) is 6.42 Å². The number of likely N-dealkylation sites (tertiary alicyclic amines) is 2. The molecular weight excluding hydrogens is 725 g/mol. The van der Waals surface area contributed by atoms with Gasteiger partial charge in [-0.15, -0.1) is 0 Å². The van der Waals surface area contributed by atoms with Gasteiger partial charge in [0, 0.05) is 83.1 Å². The second-order valence-corrected chi connectivity index (χ2v) is 16.1. The number of anilines is 1. The Morgan fingerprint density at radius 1 is 0.842 bits per heavy atom. The van der Waals surface area contributed by atoms with Crippen molar-refractivity contribution in [3.8, 4) is 5.75 Å². The van der Waals surface area contributed by atoms with Crippen molar-refractivity contribution < 1.29 is 33.8 Å². The van der Waals surface area contributed by atoms with Gasteiger partial charge in [0.05, 0.1) is 13.2 Å². The summed E-state index contributed by atoms with van der Waals surface area (Å²) in [5.74, 6) is -0.124. The predicted octanol–water partition coefficient (Wildman–Crippen LogP) is 5.98. The highest BCUT2D eigenvalue weighted by Gasteiger charge is 2.37. The van der Waals surface area contributed by atoms with Crippen LogP contribution in [0.15, 0.2) is 36.4 Å². The number of carbonyl (C=O) groups is 4. The average molecular weight is 791 g/mol. The second-order valence-electron chi connectivity index (χ2n) is 16.1. The number of esters is 1. The van der Waals surface area contributed by atoms with E-state index in [0.29, 0.717) is 75.9 Å². The Morgan fingerprint density at radius 2 is 1.49 bits per heavy atom. The van der Waals surface area contributed by atoms with Gasteiger partial charge in [-0.3, -0.25) is 19.4 Å². The number of benzene rings is 2. The van der Waals surface area contributed by atoms with Gasteiger partial charge in [-0.1, -0.05) is 63.9 Å². The van der Waals surface area contributed by atoms with E-state index >= 15 is 0 Å². The number of aromatic hydroxyl groups is 1. The van der Waals surface area contributed by atoms with Crippen LogP contribution in [-0.2, 0) is 31.9 Å². The molecule has 1 atom stereocenters. The summed E-state index contributed by atoms with van der Waals surface area (Å²) >= 11 is 0. The number of rotatable bonds is 13. The molecule has 0 saturated carbocycles. The van der Waals surface area contributed by atoms with Crippen molar-refractivity contribution in [1.82, 2.24) is 24.5 Å². The lowest BCUT2D eigenvalue weighted by atomic mass is 9.98. The monoisotopic (exact) mass is 790 g/mol. The number of ether oxygens (including phenoxy) is 2. The Morgan fingerprint density at radius 3 is 2.18 bits per heavy atom. The Hall–Kier alpha value is -4.36. The molecule has 13 heteroatoms. The van der Waals surface area contributed by atoms with E-state index in [0.717, 1.165) is 81.5 Å². The smallest absolute Gasteiger partial charge is 0.410 e. The number of piperidine rings is 2. The molecule has 0 unspecified atom stereocenters. The number of amides is 4. The molecule has 57 heavy (non-hydrogen) atoms. The van der Waals surface area contributed by atoms with E-state index in [1.54, 1.807) is 4.90 Å². The number of nitrogens with zero attached hydrogens (tertiary/aromatic N) is 5. The quantitative estimate of drug-likeness (QED) is 0.186. The number of piperazine rings is 1. The van der Waals surface area contributed by atoms with Crippen LogP contribution in [0.2, 0.25) is 0 Å². The first-order valence-electron chi connectivity index (χ1n) is 20.9. The van der Waals surface area contributed by atoms with Gasteiger partial charge < -0.3 is 34.6 Å². The van der Waals surface area contributed by atoms with Gasteiger partial charge in [-0.05, 0) is 80.7 Å². The fourth-order valence-electron chi connectivity index (χ4n) is 8.74. The third kappa shape index (κ3) is 11.6. The van der Waals surface area contributed by atoms with E-state index < -0.39 is 12.2 Å². The number of phenolic OH excluding ortho intramolecular Hbond substituents is 1. The first-order valence-corrected chi connectivity index (χ1v) is 20.9. The summed E-state index contributed by atoms with van der Waals surface area (Å²) in [5.41, 5.74) is 4.21. The van der Waals surface area contributed by atoms with Crippen LogP contribution < -0.4 is 5.32 Å². The molecule has 0 spiro atoms. The van der Waals surface area contributed by atoms with E-state index in [9.17, 15) is 24.3 Å². The topological polar surface area (TPSA) is 135 Å². The molecule has 4 aliphatic rings. The summed E-state index contributed by atoms with van der Waals surface area (Å²) in [6.07, 6.45) is 6.68. The summed E-state index contributed by atoms with van der Waals surface area (Å²) in [4.78, 5) is 63.5. The first kappa shape index (κ1) is 43.8. The number of para-hydroxylation sites is 1. The van der Waals surface area contributed by atoms with Gasteiger partial charge in [0.2, 0.25) is 0 Å². The molecule has 0 aliphatic carbocycles. The minimum Gasteiger partial charge on any atom is -0.507 e. The summed E-state index contributed by atoms with van der Waals surface area (Å²) < 4.78 is 11.6. The maximum absolute atomic E-state index is 14.2. The van der Waals surface area contributed by atoms with E-state index in [-0.39, 0.29) is 43.5 Å². The van der Waals surface area contributed by atoms with Crippen LogP contribution in [0.25, 0.3) is 0 Å². The molecule has 0 aromatic heterocycles. The van der Waals surface area contributed by atoms with Crippen molar-refractivity contribution in [2.24, 2.45) is 0 Å². The average Bonchev–Trinajstić information content (AvgIpc) is 3.37. The van der Waals surface area contributed by atoms with Crippen LogP contribution in [-0.4, -0.2) is 144 Å². The lowest BCUT2D eigenvalue weighted by Crippen LogP contribution is -2.55. The lowest BCUT2D eigenvalue weighted by Gasteiger charge is -2.43. The largest absolute Gasteiger partial charge is 0.507 e. The first-order chi connectivity index (χ1) is 27.1. The van der Waals surface area contributed by atoms with Gasteiger partial charge in [0.1, 0.15) is 5.75 Å². The minimum atomic E-state index is -1.01. The van der Waals surface area contributed by atoms with E-state index in [4.69, 9.17) is 9.47 Å². The Kier molecular flexibility index (Phi) is 16.0. The molecule has 4 aliphatic heterocycles. The number of phenols is 1. The summed E-state index contributed by atoms with van der Waals surface area (Å²) in [6.45, 7) is 12.6. The SMILES string of the molecule is C.CCCCCCOC(=O)CN1CCN(C2CCN(C(=O)[C@@H](Cc3cc(C)c(O)c(C)c3)OC(=O)N3CCC(N4CCc5ccccc5NC4=O)CC3)CC2)CC1. The van der Waals surface area contributed by atoms with Gasteiger partial charge in [0.15, 0.2) is 6.10 Å². The number of carbonyl (C=O) groups excluding carboxylic acids is 4. The van der Waals surface area contributed by atoms with Gasteiger partial charge >= 0.3 is 18.1 Å². The number of hydrogen-bond acceptors (Lipinski definition) is 9. The van der Waals surface area contributed by atoms with Crippen LogP contribution >= 0.6 is 0 Å². The summed E-state index contributed by atoms with van der Waals surface area (Å²) in [5, 5.41) is 13.5. The van der Waals surface area contributed by atoms with Crippen LogP contribution in [0.3, 0.4) is 0 Å². The highest BCUT2D eigenvalue weighted by molar-refractivity contribution is 5.91. The van der Waals surface area contributed by atoms with E-state index in [2.05, 4.69) is 22.0 Å². The number of aryl methyl sites for hydroxylation is 2. The Labute approximate surface area is 339 Å². The molecule has 3 fully saturated rings. The van der Waals surface area contributed by atoms with Crippen molar-refractivity contribution in [1.29, 1.82) is 0 Å². The summed E-state index contributed by atoms with van der Waals surface area (Å²) in [7, 11) is 0. The van der Waals surface area contributed by atoms with Crippen LogP contribution in [0, 0.1) is 13.8 Å². The molecule has 314 valence electrons. The number of fused-ring (bicyclic) bond motifs is 1. The fourth-order valence-corrected chi connectivity index (χ4v) is 8.74. The molecule has 2 aromatic carbocycles. The maximum Gasteiger partial charge on any atom is 0.410 e. The molecule has 0 radical (unpaired) electrons. The second kappa shape index (κ2) is 20.9. The third-order valence-electron chi connectivity index (χ3n) is 12.1. The van der Waals surface area contributed by atoms with Gasteiger partial charge in [-0.25, -0.2) is 9.59 Å². The molecule has 0 bridgehead atoms. The maximum atomic E-state index is 14.2. The van der Waals surface area contributed by atoms with Gasteiger partial charge in [-0.2, -0.15) is 0 Å². The molecule has 2 N–H and O–H groups in total. The van der Waals surface area contributed by atoms with Crippen molar-refractivity contribution >= 4 is 29.7 Å². The molecule has 13 nitrogen and oxygen atoms in total. The Balaban J connectivity index is 0.00000620. The zero-order valence-electron chi connectivity index (χ0n) is 33.7. The number of nitrogens with one attached hydrogen (secondary N) is 1. The van der Waals surface area contributed by atoms with Crippen LogP contribution in [0.5, 0.6) is 5.75 Å². The van der Waals surface area contributed by atoms with Crippen molar-refractivity contribution in [2.45, 2.75) is 111 Å². The van der Waals surface area contributed by atoms with Crippen LogP contribution in [0.1, 0.15) is 88.0 Å². The van der Waals surface area contributed by atoms with Crippen molar-refractivity contribution in [3.63, 3.8) is 0 Å². The number of urea groups is 1. The standard InChI is InChI=1S/C43H62N6O7.CH4/c1-4-5-6-9-26-55-39(50)30-45-22-24-46(25-23-45)35-13-17-47(18-14-35)41(52)38(29-33-27-31(2)40(51)32(3)28-33)56-43(54)48-19-15-36(16-20-48)49-21-12-34-10-7-8-11-37(34)44-42(49)53;/h7-8,10-11,27-28,35-36,38,51H,4-6,9,12-26,29-30H2,1-3H3,(H,44,53);1H4/t38-;/m1./s1. The minimum absolute atomic E-state index is 0. The lowest BCUT2D eigenvalue weighted by molar-refractivity contribution is -0.145. The fraction of sp³-hybridized carbons (Fsp3) is 0.636. The highest BCUT2D eigenvalue weighted by atomic mass is 16.6. The molecular formula is C44H66N6O7. The predicted molar refractivity (Wildman–Crippen MR) is 221 cm³/mol. The van der Waals surface area contributed by atoms with Crippen molar-refractivity contribution in [3.05, 3.63) is 58.7 Å². The zero-order chi connectivity index (χ0) is 39.6. The third-order valence-corrected chi connectivity index (χ3v) is 12.1. The highest BCUT2D eigenvalue weighted by Crippen LogP contribution is 2.28. The Bertz CT molecular complexity index is 1640. The molecule has 3 saturated heterocycles. The molecule has 4 heterocycles. The normalized spacial score (nSPS) is 19.2. The van der Waals surface area contributed by atoms with Gasteiger partial charge in [0.25, 0.3) is 5.91 Å². The van der Waals surface area contributed by atoms with Crippen molar-refractivity contribution in [2.75, 3.05) is 77.4 Å². The number of hydrogen-bond donors (Lipinski definition) is 2. The molecule has 2 aromatic rings.